The summed E-state index contributed by atoms with van der Waals surface area (Å²) < 4.78 is 0. The molecule has 0 amide bonds. The molecule has 0 saturated carbocycles. The van der Waals surface area contributed by atoms with E-state index in [0.717, 1.165) is 5.57 Å². The first-order chi connectivity index (χ1) is 4.16. The smallest absolute Gasteiger partial charge is 0.115 e. The third-order valence-electron chi connectivity index (χ3n) is 0.732. The summed E-state index contributed by atoms with van der Waals surface area (Å²) in [6, 6.07) is 0. The molecule has 0 aromatic rings. The fraction of sp³-hybridized carbons (Fsp3) is 0.250. The maximum atomic E-state index is 8.93. The Morgan fingerprint density at radius 2 is 2.11 bits per heavy atom. The maximum absolute atomic E-state index is 8.93. The molecule has 0 aliphatic carbocycles. The van der Waals surface area contributed by atoms with Gasteiger partial charge in [-0.05, 0) is 26.0 Å². The molecule has 0 aromatic heterocycles. The second kappa shape index (κ2) is 3.96. The van der Waals surface area contributed by atoms with Crippen LogP contribution in [0.3, 0.4) is 0 Å². The first kappa shape index (κ1) is 8.02. The molecule has 0 heterocycles. The predicted molar refractivity (Wildman–Crippen MR) is 40.3 cm³/mol. The topological polar surface area (TPSA) is 20.2 Å². The maximum Gasteiger partial charge on any atom is 0.115 e. The Bertz CT molecular complexity index is 152. The fourth-order valence-electron chi connectivity index (χ4n) is 0.471. The summed E-state index contributed by atoms with van der Waals surface area (Å²) in [6.45, 7) is 7.29. The number of hydrogen-bond acceptors (Lipinski definition) is 1. The van der Waals surface area contributed by atoms with Crippen LogP contribution in [0.1, 0.15) is 13.8 Å². The zero-order valence-corrected chi connectivity index (χ0v) is 5.89. The molecule has 0 atom stereocenters. The predicted octanol–water partition coefficient (Wildman–Crippen LogP) is 2.58. The fourth-order valence-corrected chi connectivity index (χ4v) is 0.471. The highest BCUT2D eigenvalue weighted by Gasteiger charge is 1.81. The summed E-state index contributed by atoms with van der Waals surface area (Å²) in [7, 11) is 0. The van der Waals surface area contributed by atoms with Gasteiger partial charge in [-0.25, -0.2) is 0 Å². The minimum atomic E-state index is 0.255. The van der Waals surface area contributed by atoms with Crippen molar-refractivity contribution in [2.45, 2.75) is 13.8 Å². The van der Waals surface area contributed by atoms with Crippen molar-refractivity contribution in [2.75, 3.05) is 0 Å². The Balaban J connectivity index is 4.00. The van der Waals surface area contributed by atoms with E-state index in [0.29, 0.717) is 0 Å². The molecule has 9 heavy (non-hydrogen) atoms. The summed E-state index contributed by atoms with van der Waals surface area (Å²) in [6.07, 6.45) is 5.00. The molecule has 0 aliphatic heterocycles. The van der Waals surface area contributed by atoms with Gasteiger partial charge in [0.25, 0.3) is 0 Å². The van der Waals surface area contributed by atoms with Gasteiger partial charge in [0, 0.05) is 0 Å². The van der Waals surface area contributed by atoms with Crippen LogP contribution >= 0.6 is 0 Å². The number of hydrogen-bond donors (Lipinski definition) is 1. The van der Waals surface area contributed by atoms with Crippen molar-refractivity contribution < 1.29 is 5.11 Å². The number of rotatable bonds is 2. The SMILES string of the molecule is C=C(C)/C=C(O)\C=C/C. The van der Waals surface area contributed by atoms with E-state index in [9.17, 15) is 0 Å². The molecular weight excluding hydrogens is 112 g/mol. The van der Waals surface area contributed by atoms with Crippen LogP contribution < -0.4 is 0 Å². The second-order valence-corrected chi connectivity index (χ2v) is 1.92. The van der Waals surface area contributed by atoms with Gasteiger partial charge in [0.15, 0.2) is 0 Å². The second-order valence-electron chi connectivity index (χ2n) is 1.92. The molecule has 0 rings (SSSR count). The van der Waals surface area contributed by atoms with Crippen molar-refractivity contribution in [3.8, 4) is 0 Å². The molecule has 0 fully saturated rings. The molecule has 0 bridgehead atoms. The molecule has 50 valence electrons. The van der Waals surface area contributed by atoms with Crippen LogP contribution in [0.4, 0.5) is 0 Å². The normalized spacial score (nSPS) is 12.4. The van der Waals surface area contributed by atoms with Crippen LogP contribution in [-0.4, -0.2) is 5.11 Å². The van der Waals surface area contributed by atoms with Crippen molar-refractivity contribution in [3.63, 3.8) is 0 Å². The van der Waals surface area contributed by atoms with Crippen LogP contribution in [0.5, 0.6) is 0 Å². The van der Waals surface area contributed by atoms with Crippen molar-refractivity contribution >= 4 is 0 Å². The van der Waals surface area contributed by atoms with E-state index in [-0.39, 0.29) is 5.76 Å². The monoisotopic (exact) mass is 124 g/mol. The van der Waals surface area contributed by atoms with Crippen LogP contribution in [0.15, 0.2) is 36.1 Å². The van der Waals surface area contributed by atoms with Gasteiger partial charge in [-0.1, -0.05) is 18.2 Å². The Morgan fingerprint density at radius 3 is 2.44 bits per heavy atom. The molecule has 0 radical (unpaired) electrons. The van der Waals surface area contributed by atoms with E-state index in [1.165, 1.54) is 0 Å². The highest BCUT2D eigenvalue weighted by Crippen LogP contribution is 1.96. The average Bonchev–Trinajstić information content (AvgIpc) is 1.63. The first-order valence-corrected chi connectivity index (χ1v) is 2.85. The van der Waals surface area contributed by atoms with Gasteiger partial charge >= 0.3 is 0 Å². The molecule has 1 nitrogen and oxygen atoms in total. The van der Waals surface area contributed by atoms with Gasteiger partial charge < -0.3 is 5.11 Å². The molecule has 0 unspecified atom stereocenters. The standard InChI is InChI=1S/C8H12O/c1-4-5-8(9)6-7(2)3/h4-6,9H,2H2,1,3H3/b5-4-,8-6+. The average molecular weight is 124 g/mol. The quantitative estimate of drug-likeness (QED) is 0.443. The van der Waals surface area contributed by atoms with Crippen LogP contribution in [0.2, 0.25) is 0 Å². The van der Waals surface area contributed by atoms with E-state index in [1.54, 1.807) is 18.2 Å². The van der Waals surface area contributed by atoms with Gasteiger partial charge in [-0.2, -0.15) is 0 Å². The molecule has 1 heteroatoms. The molecule has 0 aromatic carbocycles. The Hall–Kier alpha value is -0.980. The minimum Gasteiger partial charge on any atom is -0.508 e. The summed E-state index contributed by atoms with van der Waals surface area (Å²) in [5.41, 5.74) is 0.852. The Kier molecular flexibility index (Phi) is 3.52. The largest absolute Gasteiger partial charge is 0.508 e. The lowest BCUT2D eigenvalue weighted by atomic mass is 10.3. The van der Waals surface area contributed by atoms with Gasteiger partial charge in [-0.15, -0.1) is 0 Å². The third-order valence-corrected chi connectivity index (χ3v) is 0.732. The molecule has 0 aliphatic rings. The summed E-state index contributed by atoms with van der Waals surface area (Å²) >= 11 is 0. The van der Waals surface area contributed by atoms with Gasteiger partial charge in [0.05, 0.1) is 0 Å². The third kappa shape index (κ3) is 4.88. The number of aliphatic hydroxyl groups excluding tert-OH is 1. The van der Waals surface area contributed by atoms with Crippen molar-refractivity contribution in [1.29, 1.82) is 0 Å². The molecule has 1 N–H and O–H groups in total. The van der Waals surface area contributed by atoms with Crippen molar-refractivity contribution in [3.05, 3.63) is 36.1 Å². The number of allylic oxidation sites excluding steroid dienone is 4. The van der Waals surface area contributed by atoms with Crippen LogP contribution in [0, 0.1) is 0 Å². The lowest BCUT2D eigenvalue weighted by Gasteiger charge is -1.88. The molecular formula is C8H12O. The van der Waals surface area contributed by atoms with Crippen LogP contribution in [0.25, 0.3) is 0 Å². The highest BCUT2D eigenvalue weighted by molar-refractivity contribution is 5.21. The van der Waals surface area contributed by atoms with Gasteiger partial charge in [-0.3, -0.25) is 0 Å². The highest BCUT2D eigenvalue weighted by atomic mass is 16.3. The lowest BCUT2D eigenvalue weighted by Crippen LogP contribution is -1.72. The summed E-state index contributed by atoms with van der Waals surface area (Å²) in [4.78, 5) is 0. The van der Waals surface area contributed by atoms with E-state index in [2.05, 4.69) is 6.58 Å². The van der Waals surface area contributed by atoms with E-state index >= 15 is 0 Å². The summed E-state index contributed by atoms with van der Waals surface area (Å²) in [5, 5.41) is 8.93. The van der Waals surface area contributed by atoms with Crippen molar-refractivity contribution in [1.82, 2.24) is 0 Å². The van der Waals surface area contributed by atoms with Gasteiger partial charge in [0.1, 0.15) is 5.76 Å². The van der Waals surface area contributed by atoms with Crippen LogP contribution in [-0.2, 0) is 0 Å². The zero-order valence-electron chi connectivity index (χ0n) is 5.89. The first-order valence-electron chi connectivity index (χ1n) is 2.85. The van der Waals surface area contributed by atoms with Crippen molar-refractivity contribution in [2.24, 2.45) is 0 Å². The minimum absolute atomic E-state index is 0.255. The van der Waals surface area contributed by atoms with Gasteiger partial charge in [0.2, 0.25) is 0 Å². The Morgan fingerprint density at radius 1 is 1.56 bits per heavy atom. The van der Waals surface area contributed by atoms with E-state index in [1.807, 2.05) is 13.8 Å². The molecule has 0 saturated heterocycles. The lowest BCUT2D eigenvalue weighted by molar-refractivity contribution is 0.432. The summed E-state index contributed by atoms with van der Waals surface area (Å²) in [5.74, 6) is 0.255. The molecule has 0 spiro atoms. The Labute approximate surface area is 56.0 Å². The van der Waals surface area contributed by atoms with E-state index in [4.69, 9.17) is 5.11 Å². The zero-order chi connectivity index (χ0) is 7.28. The van der Waals surface area contributed by atoms with E-state index < -0.39 is 0 Å². The number of aliphatic hydroxyl groups is 1.